The average molecular weight is 224 g/mol. The molecule has 1 N–H and O–H groups in total. The van der Waals surface area contributed by atoms with Gasteiger partial charge < -0.3 is 5.11 Å². The van der Waals surface area contributed by atoms with Gasteiger partial charge in [0.05, 0.1) is 6.42 Å². The van der Waals surface area contributed by atoms with Crippen LogP contribution < -0.4 is 0 Å². The minimum atomic E-state index is -0.777. The highest BCUT2D eigenvalue weighted by Crippen LogP contribution is 2.07. The summed E-state index contributed by atoms with van der Waals surface area (Å²) in [6.07, 6.45) is 16.6. The van der Waals surface area contributed by atoms with Crippen LogP contribution in [0.25, 0.3) is 0 Å². The van der Waals surface area contributed by atoms with E-state index < -0.39 is 5.97 Å². The Bertz CT molecular complexity index is 217. The molecule has 0 fully saturated rings. The molecule has 92 valence electrons. The molecule has 0 bridgehead atoms. The summed E-state index contributed by atoms with van der Waals surface area (Å²) in [6, 6.07) is 0. The van der Waals surface area contributed by atoms with Crippen molar-refractivity contribution in [2.45, 2.75) is 58.3 Å². The van der Waals surface area contributed by atoms with Crippen molar-refractivity contribution in [3.63, 3.8) is 0 Å². The number of aliphatic carboxylic acids is 1. The van der Waals surface area contributed by atoms with Crippen molar-refractivity contribution in [2.75, 3.05) is 0 Å². The first-order chi connectivity index (χ1) is 7.77. The van der Waals surface area contributed by atoms with Crippen molar-refractivity contribution in [1.82, 2.24) is 0 Å². The minimum Gasteiger partial charge on any atom is -0.481 e. The van der Waals surface area contributed by atoms with Gasteiger partial charge in [-0.05, 0) is 12.8 Å². The molecule has 0 saturated heterocycles. The van der Waals surface area contributed by atoms with Crippen molar-refractivity contribution in [2.24, 2.45) is 0 Å². The summed E-state index contributed by atoms with van der Waals surface area (Å²) in [7, 11) is 0. The predicted octanol–water partition coefficient (Wildman–Crippen LogP) is 4.32. The number of carboxylic acids is 1. The summed E-state index contributed by atoms with van der Waals surface area (Å²) in [5.74, 6) is -0.777. The molecule has 0 amide bonds. The molecule has 0 unspecified atom stereocenters. The van der Waals surface area contributed by atoms with Gasteiger partial charge in [0, 0.05) is 0 Å². The van der Waals surface area contributed by atoms with Crippen LogP contribution >= 0.6 is 0 Å². The van der Waals surface area contributed by atoms with E-state index >= 15 is 0 Å². The maximum absolute atomic E-state index is 10.2. The number of allylic oxidation sites excluding steroid dienone is 3. The molecule has 0 atom stereocenters. The summed E-state index contributed by atoms with van der Waals surface area (Å²) < 4.78 is 0. The zero-order chi connectivity index (χ0) is 12.1. The lowest BCUT2D eigenvalue weighted by Crippen LogP contribution is -1.89. The van der Waals surface area contributed by atoms with E-state index in [1.165, 1.54) is 38.5 Å². The van der Waals surface area contributed by atoms with Gasteiger partial charge in [-0.1, -0.05) is 63.3 Å². The number of unbranched alkanes of at least 4 members (excludes halogenated alkanes) is 6. The Labute approximate surface area is 99.1 Å². The highest BCUT2D eigenvalue weighted by atomic mass is 16.4. The van der Waals surface area contributed by atoms with Crippen LogP contribution in [0.2, 0.25) is 0 Å². The molecule has 0 aliphatic heterocycles. The summed E-state index contributed by atoms with van der Waals surface area (Å²) in [4.78, 5) is 10.2. The molecule has 0 saturated carbocycles. The Morgan fingerprint density at radius 2 is 1.62 bits per heavy atom. The fourth-order valence-electron chi connectivity index (χ4n) is 1.46. The lowest BCUT2D eigenvalue weighted by molar-refractivity contribution is -0.135. The van der Waals surface area contributed by atoms with Gasteiger partial charge in [-0.3, -0.25) is 4.79 Å². The molecule has 0 aromatic carbocycles. The Hall–Kier alpha value is -1.05. The van der Waals surface area contributed by atoms with E-state index in [1.54, 1.807) is 6.08 Å². The third kappa shape index (κ3) is 12.9. The van der Waals surface area contributed by atoms with E-state index in [2.05, 4.69) is 13.0 Å². The average Bonchev–Trinajstić information content (AvgIpc) is 2.25. The zero-order valence-corrected chi connectivity index (χ0v) is 10.3. The molecule has 2 heteroatoms. The van der Waals surface area contributed by atoms with Crippen molar-refractivity contribution in [3.8, 4) is 0 Å². The fraction of sp³-hybridized carbons (Fsp3) is 0.643. The van der Waals surface area contributed by atoms with Crippen LogP contribution in [0, 0.1) is 0 Å². The van der Waals surface area contributed by atoms with Crippen molar-refractivity contribution >= 4 is 5.97 Å². The predicted molar refractivity (Wildman–Crippen MR) is 68.5 cm³/mol. The van der Waals surface area contributed by atoms with Crippen molar-refractivity contribution in [3.05, 3.63) is 24.3 Å². The third-order valence-electron chi connectivity index (χ3n) is 2.40. The summed E-state index contributed by atoms with van der Waals surface area (Å²) in [5.41, 5.74) is 0. The Morgan fingerprint density at radius 3 is 2.31 bits per heavy atom. The molecule has 0 spiro atoms. The normalized spacial score (nSPS) is 11.6. The Balaban J connectivity index is 3.21. The number of carboxylic acid groups (broad SMARTS) is 1. The van der Waals surface area contributed by atoms with Crippen LogP contribution in [-0.2, 0) is 4.79 Å². The molecule has 0 radical (unpaired) electrons. The number of carbonyl (C=O) groups is 1. The second-order valence-corrected chi connectivity index (χ2v) is 4.01. The van der Waals surface area contributed by atoms with E-state index in [0.29, 0.717) is 0 Å². The molecule has 0 heterocycles. The highest BCUT2D eigenvalue weighted by Gasteiger charge is 1.88. The van der Waals surface area contributed by atoms with E-state index in [9.17, 15) is 4.79 Å². The quantitative estimate of drug-likeness (QED) is 0.443. The smallest absolute Gasteiger partial charge is 0.307 e. The van der Waals surface area contributed by atoms with Crippen LogP contribution in [0.1, 0.15) is 58.3 Å². The lowest BCUT2D eigenvalue weighted by Gasteiger charge is -1.97. The largest absolute Gasteiger partial charge is 0.481 e. The molecular weight excluding hydrogens is 200 g/mol. The van der Waals surface area contributed by atoms with Crippen LogP contribution in [0.4, 0.5) is 0 Å². The third-order valence-corrected chi connectivity index (χ3v) is 2.40. The first-order valence-corrected chi connectivity index (χ1v) is 6.30. The van der Waals surface area contributed by atoms with Crippen molar-refractivity contribution < 1.29 is 9.90 Å². The second kappa shape index (κ2) is 12.0. The number of hydrogen-bond donors (Lipinski definition) is 1. The molecule has 0 aromatic rings. The highest BCUT2D eigenvalue weighted by molar-refractivity contribution is 5.68. The molecular formula is C14H24O2. The SMILES string of the molecule is CCCCCCCCC=CC=CCC(=O)O. The van der Waals surface area contributed by atoms with Crippen LogP contribution in [0.5, 0.6) is 0 Å². The molecule has 0 aliphatic rings. The van der Waals surface area contributed by atoms with Gasteiger partial charge in [0.25, 0.3) is 0 Å². The van der Waals surface area contributed by atoms with E-state index in [1.807, 2.05) is 12.2 Å². The molecule has 0 aliphatic carbocycles. The number of rotatable bonds is 10. The molecule has 16 heavy (non-hydrogen) atoms. The van der Waals surface area contributed by atoms with Gasteiger partial charge in [0.15, 0.2) is 0 Å². The van der Waals surface area contributed by atoms with Gasteiger partial charge in [-0.25, -0.2) is 0 Å². The first kappa shape index (κ1) is 14.9. The van der Waals surface area contributed by atoms with Gasteiger partial charge in [0.1, 0.15) is 0 Å². The summed E-state index contributed by atoms with van der Waals surface area (Å²) in [6.45, 7) is 2.23. The van der Waals surface area contributed by atoms with Crippen LogP contribution in [-0.4, -0.2) is 11.1 Å². The van der Waals surface area contributed by atoms with Gasteiger partial charge >= 0.3 is 5.97 Å². The second-order valence-electron chi connectivity index (χ2n) is 4.01. The van der Waals surface area contributed by atoms with E-state index in [-0.39, 0.29) is 6.42 Å². The van der Waals surface area contributed by atoms with Gasteiger partial charge in [-0.2, -0.15) is 0 Å². The minimum absolute atomic E-state index is 0.112. The number of hydrogen-bond acceptors (Lipinski definition) is 1. The molecule has 0 rings (SSSR count). The lowest BCUT2D eigenvalue weighted by atomic mass is 10.1. The standard InChI is InChI=1S/C14H24O2/c1-2-3-4-5-6-7-8-9-10-11-12-13-14(15)16/h9-12H,2-8,13H2,1H3,(H,15,16). The zero-order valence-electron chi connectivity index (χ0n) is 10.3. The maximum atomic E-state index is 10.2. The van der Waals surface area contributed by atoms with Crippen molar-refractivity contribution in [1.29, 1.82) is 0 Å². The van der Waals surface area contributed by atoms with E-state index in [0.717, 1.165) is 6.42 Å². The summed E-state index contributed by atoms with van der Waals surface area (Å²) >= 11 is 0. The van der Waals surface area contributed by atoms with E-state index in [4.69, 9.17) is 5.11 Å². The fourth-order valence-corrected chi connectivity index (χ4v) is 1.46. The Morgan fingerprint density at radius 1 is 1.00 bits per heavy atom. The summed E-state index contributed by atoms with van der Waals surface area (Å²) in [5, 5.41) is 8.38. The van der Waals surface area contributed by atoms with Crippen LogP contribution in [0.15, 0.2) is 24.3 Å². The van der Waals surface area contributed by atoms with Gasteiger partial charge in [0.2, 0.25) is 0 Å². The maximum Gasteiger partial charge on any atom is 0.307 e. The van der Waals surface area contributed by atoms with Gasteiger partial charge in [-0.15, -0.1) is 0 Å². The van der Waals surface area contributed by atoms with Crippen LogP contribution in [0.3, 0.4) is 0 Å². The first-order valence-electron chi connectivity index (χ1n) is 6.30. The Kier molecular flexibility index (Phi) is 11.2. The topological polar surface area (TPSA) is 37.3 Å². The molecule has 0 aromatic heterocycles. The monoisotopic (exact) mass is 224 g/mol. The molecule has 2 nitrogen and oxygen atoms in total.